The maximum atomic E-state index is 12.2. The number of H-pyrrole nitrogens is 1. The smallest absolute Gasteiger partial charge is 0.406 e. The lowest BCUT2D eigenvalue weighted by Gasteiger charge is -2.09. The van der Waals surface area contributed by atoms with E-state index in [0.717, 1.165) is 10.9 Å². The summed E-state index contributed by atoms with van der Waals surface area (Å²) in [5.74, 6) is -0.271. The molecule has 3 heterocycles. The van der Waals surface area contributed by atoms with Gasteiger partial charge in [-0.05, 0) is 30.7 Å². The first-order valence-corrected chi connectivity index (χ1v) is 7.94. The van der Waals surface area contributed by atoms with Gasteiger partial charge in [-0.1, -0.05) is 12.1 Å². The van der Waals surface area contributed by atoms with Crippen LogP contribution in [-0.2, 0) is 6.54 Å². The van der Waals surface area contributed by atoms with Gasteiger partial charge in [0.25, 0.3) is 0 Å². The Bertz CT molecular complexity index is 1080. The van der Waals surface area contributed by atoms with Crippen molar-refractivity contribution in [3.8, 4) is 17.1 Å². The zero-order valence-corrected chi connectivity index (χ0v) is 14.0. The molecule has 4 rings (SSSR count). The van der Waals surface area contributed by atoms with Crippen molar-refractivity contribution in [2.45, 2.75) is 19.8 Å². The van der Waals surface area contributed by atoms with Gasteiger partial charge in [-0.2, -0.15) is 15.0 Å². The molecule has 0 saturated carbocycles. The maximum absolute atomic E-state index is 12.2. The molecule has 0 spiro atoms. The second-order valence-corrected chi connectivity index (χ2v) is 5.82. The van der Waals surface area contributed by atoms with E-state index in [4.69, 9.17) is 0 Å². The summed E-state index contributed by atoms with van der Waals surface area (Å²) in [7, 11) is 0. The van der Waals surface area contributed by atoms with Crippen molar-refractivity contribution in [3.05, 3.63) is 54.1 Å². The molecule has 3 aromatic heterocycles. The second-order valence-electron chi connectivity index (χ2n) is 5.82. The van der Waals surface area contributed by atoms with E-state index in [1.165, 1.54) is 35.4 Å². The molecule has 0 atom stereocenters. The molecule has 0 aliphatic heterocycles. The summed E-state index contributed by atoms with van der Waals surface area (Å²) in [4.78, 5) is 13.0. The Morgan fingerprint density at radius 1 is 1.04 bits per heavy atom. The van der Waals surface area contributed by atoms with Gasteiger partial charge in [0.05, 0.1) is 12.2 Å². The molecule has 0 fully saturated rings. The zero-order chi connectivity index (χ0) is 19.0. The average molecular weight is 374 g/mol. The summed E-state index contributed by atoms with van der Waals surface area (Å²) < 4.78 is 40.5. The van der Waals surface area contributed by atoms with Gasteiger partial charge >= 0.3 is 6.36 Å². The van der Waals surface area contributed by atoms with E-state index in [9.17, 15) is 13.2 Å². The third kappa shape index (κ3) is 3.59. The highest BCUT2D eigenvalue weighted by Gasteiger charge is 2.30. The Hall–Kier alpha value is -3.43. The monoisotopic (exact) mass is 374 g/mol. The lowest BCUT2D eigenvalue weighted by atomic mass is 10.2. The minimum Gasteiger partial charge on any atom is -0.406 e. The SMILES string of the molecule is Cc1nn(Cc2ccc(OC(F)(F)F)cc2)nc1-c1ncnc2[nH]ccc12. The first-order chi connectivity index (χ1) is 12.9. The van der Waals surface area contributed by atoms with Crippen LogP contribution in [0.1, 0.15) is 11.3 Å². The molecule has 0 unspecified atom stereocenters. The van der Waals surface area contributed by atoms with Crippen LogP contribution < -0.4 is 4.74 Å². The van der Waals surface area contributed by atoms with E-state index in [2.05, 4.69) is 29.9 Å². The zero-order valence-electron chi connectivity index (χ0n) is 14.0. The molecule has 0 radical (unpaired) electrons. The molecule has 10 heteroatoms. The van der Waals surface area contributed by atoms with Crippen LogP contribution in [0.3, 0.4) is 0 Å². The molecule has 7 nitrogen and oxygen atoms in total. The van der Waals surface area contributed by atoms with Crippen LogP contribution in [0.2, 0.25) is 0 Å². The molecular formula is C17H13F3N6O. The van der Waals surface area contributed by atoms with Crippen LogP contribution >= 0.6 is 0 Å². The predicted molar refractivity (Wildman–Crippen MR) is 89.9 cm³/mol. The number of nitrogens with one attached hydrogen (secondary N) is 1. The van der Waals surface area contributed by atoms with Crippen molar-refractivity contribution in [2.75, 3.05) is 0 Å². The molecular weight excluding hydrogens is 361 g/mol. The van der Waals surface area contributed by atoms with Crippen molar-refractivity contribution < 1.29 is 17.9 Å². The highest BCUT2D eigenvalue weighted by Crippen LogP contribution is 2.25. The van der Waals surface area contributed by atoms with Gasteiger partial charge in [0, 0.05) is 11.6 Å². The number of hydrogen-bond donors (Lipinski definition) is 1. The van der Waals surface area contributed by atoms with E-state index >= 15 is 0 Å². The van der Waals surface area contributed by atoms with E-state index in [-0.39, 0.29) is 5.75 Å². The van der Waals surface area contributed by atoms with E-state index in [0.29, 0.717) is 29.3 Å². The normalized spacial score (nSPS) is 11.9. The maximum Gasteiger partial charge on any atom is 0.573 e. The summed E-state index contributed by atoms with van der Waals surface area (Å²) in [5.41, 5.74) is 3.42. The number of ether oxygens (including phenoxy) is 1. The number of benzene rings is 1. The van der Waals surface area contributed by atoms with Crippen molar-refractivity contribution in [2.24, 2.45) is 0 Å². The Balaban J connectivity index is 1.58. The summed E-state index contributed by atoms with van der Waals surface area (Å²) in [5, 5.41) is 9.69. The first kappa shape index (κ1) is 17.0. The van der Waals surface area contributed by atoms with Gasteiger partial charge < -0.3 is 9.72 Å². The standard InChI is InChI=1S/C17H13F3N6O/c1-10-14(15-13-6-7-21-16(13)23-9-22-15)25-26(24-10)8-11-2-4-12(5-3-11)27-17(18,19)20/h2-7,9H,8H2,1H3,(H,21,22,23). The third-order valence-corrected chi connectivity index (χ3v) is 3.88. The summed E-state index contributed by atoms with van der Waals surface area (Å²) in [6.45, 7) is 2.12. The molecule has 0 saturated heterocycles. The largest absolute Gasteiger partial charge is 0.573 e. The number of rotatable bonds is 4. The van der Waals surface area contributed by atoms with Gasteiger partial charge in [0.2, 0.25) is 0 Å². The van der Waals surface area contributed by atoms with Gasteiger partial charge in [0.15, 0.2) is 0 Å². The first-order valence-electron chi connectivity index (χ1n) is 7.94. The number of aromatic nitrogens is 6. The Morgan fingerprint density at radius 2 is 1.81 bits per heavy atom. The van der Waals surface area contributed by atoms with Crippen LogP contribution in [0, 0.1) is 6.92 Å². The minimum atomic E-state index is -4.71. The topological polar surface area (TPSA) is 81.5 Å². The van der Waals surface area contributed by atoms with E-state index in [1.807, 2.05) is 13.0 Å². The van der Waals surface area contributed by atoms with Crippen LogP contribution in [-0.4, -0.2) is 36.3 Å². The van der Waals surface area contributed by atoms with E-state index < -0.39 is 6.36 Å². The third-order valence-electron chi connectivity index (χ3n) is 3.88. The number of halogens is 3. The fraction of sp³-hybridized carbons (Fsp3) is 0.176. The quantitative estimate of drug-likeness (QED) is 0.592. The van der Waals surface area contributed by atoms with Crippen LogP contribution in [0.15, 0.2) is 42.9 Å². The Labute approximate surface area is 150 Å². The number of aromatic amines is 1. The summed E-state index contributed by atoms with van der Waals surface area (Å²) in [6, 6.07) is 7.45. The van der Waals surface area contributed by atoms with E-state index in [1.54, 1.807) is 6.20 Å². The number of alkyl halides is 3. The van der Waals surface area contributed by atoms with Crippen LogP contribution in [0.5, 0.6) is 5.75 Å². The molecule has 0 amide bonds. The Morgan fingerprint density at radius 3 is 2.56 bits per heavy atom. The van der Waals surface area contributed by atoms with Gasteiger partial charge in [-0.25, -0.2) is 9.97 Å². The molecule has 138 valence electrons. The van der Waals surface area contributed by atoms with Gasteiger partial charge in [-0.15, -0.1) is 13.2 Å². The molecule has 0 aliphatic rings. The highest BCUT2D eigenvalue weighted by molar-refractivity contribution is 5.89. The molecule has 27 heavy (non-hydrogen) atoms. The van der Waals surface area contributed by atoms with Crippen molar-refractivity contribution in [3.63, 3.8) is 0 Å². The lowest BCUT2D eigenvalue weighted by molar-refractivity contribution is -0.274. The summed E-state index contributed by atoms with van der Waals surface area (Å²) >= 11 is 0. The highest BCUT2D eigenvalue weighted by atomic mass is 19.4. The molecule has 0 bridgehead atoms. The Kier molecular flexibility index (Phi) is 4.02. The number of aryl methyl sites for hydroxylation is 1. The molecule has 4 aromatic rings. The number of hydrogen-bond acceptors (Lipinski definition) is 5. The minimum absolute atomic E-state index is 0.271. The fourth-order valence-corrected chi connectivity index (χ4v) is 2.74. The van der Waals surface area contributed by atoms with Crippen LogP contribution in [0.4, 0.5) is 13.2 Å². The second kappa shape index (κ2) is 6.38. The van der Waals surface area contributed by atoms with Crippen molar-refractivity contribution in [1.29, 1.82) is 0 Å². The van der Waals surface area contributed by atoms with Crippen molar-refractivity contribution in [1.82, 2.24) is 29.9 Å². The lowest BCUT2D eigenvalue weighted by Crippen LogP contribution is -2.17. The molecule has 1 N–H and O–H groups in total. The number of nitrogens with zero attached hydrogens (tertiary/aromatic N) is 5. The fourth-order valence-electron chi connectivity index (χ4n) is 2.74. The molecule has 1 aromatic carbocycles. The summed E-state index contributed by atoms with van der Waals surface area (Å²) in [6.07, 6.45) is -1.49. The number of fused-ring (bicyclic) bond motifs is 1. The van der Waals surface area contributed by atoms with Gasteiger partial charge in [0.1, 0.15) is 29.1 Å². The van der Waals surface area contributed by atoms with Crippen LogP contribution in [0.25, 0.3) is 22.4 Å². The van der Waals surface area contributed by atoms with Crippen molar-refractivity contribution >= 4 is 11.0 Å². The average Bonchev–Trinajstić information content (AvgIpc) is 3.21. The predicted octanol–water partition coefficient (Wildman–Crippen LogP) is 3.47. The molecule has 0 aliphatic carbocycles. The van der Waals surface area contributed by atoms with Gasteiger partial charge in [-0.3, -0.25) is 0 Å².